The molecule has 8 aromatic rings. The van der Waals surface area contributed by atoms with Crippen molar-refractivity contribution in [3.63, 3.8) is 0 Å². The molecule has 2 saturated heterocycles. The van der Waals surface area contributed by atoms with Gasteiger partial charge in [-0.3, -0.25) is 9.97 Å². The Hall–Kier alpha value is -7.56. The smallest absolute Gasteiger partial charge is 0.414 e. The summed E-state index contributed by atoms with van der Waals surface area (Å²) in [5.41, 5.74) is 8.89. The third-order valence-electron chi connectivity index (χ3n) is 14.1. The normalized spacial score (nSPS) is 14.5. The van der Waals surface area contributed by atoms with Crippen LogP contribution in [0.15, 0.2) is 134 Å². The number of likely N-dealkylation sites (tertiary alicyclic amines) is 2. The van der Waals surface area contributed by atoms with Crippen LogP contribution in [-0.2, 0) is 48.4 Å². The van der Waals surface area contributed by atoms with Gasteiger partial charge in [0.25, 0.3) is 0 Å². The fourth-order valence-electron chi connectivity index (χ4n) is 9.78. The lowest BCUT2D eigenvalue weighted by Crippen LogP contribution is -2.36. The van der Waals surface area contributed by atoms with E-state index in [4.69, 9.17) is 39.2 Å². The second kappa shape index (κ2) is 25.9. The van der Waals surface area contributed by atoms with Crippen LogP contribution < -0.4 is 9.47 Å². The largest absolute Gasteiger partial charge is 0.497 e. The molecular weight excluding hydrogens is 943 g/mol. The van der Waals surface area contributed by atoms with Crippen LogP contribution in [0.2, 0.25) is 0 Å². The zero-order valence-electron chi connectivity index (χ0n) is 42.0. The van der Waals surface area contributed by atoms with Crippen molar-refractivity contribution in [2.24, 2.45) is 11.8 Å². The number of aliphatic carboxylic acids is 2. The number of carboxylic acids is 2. The summed E-state index contributed by atoms with van der Waals surface area (Å²) in [6, 6.07) is 34.4. The molecule has 0 spiro atoms. The average Bonchev–Trinajstić information content (AvgIpc) is 3.95. The van der Waals surface area contributed by atoms with Gasteiger partial charge in [-0.15, -0.1) is 0 Å². The second-order valence-corrected chi connectivity index (χ2v) is 19.0. The molecule has 2 fully saturated rings. The Bertz CT molecular complexity index is 2830. The molecule has 16 heteroatoms. The summed E-state index contributed by atoms with van der Waals surface area (Å²) in [6.45, 7) is 8.07. The van der Waals surface area contributed by atoms with Crippen molar-refractivity contribution in [3.05, 3.63) is 180 Å². The Morgan fingerprint density at radius 2 is 0.878 bits per heavy atom. The molecule has 6 heterocycles. The van der Waals surface area contributed by atoms with Gasteiger partial charge in [-0.25, -0.2) is 28.3 Å². The number of carbonyl (C=O) groups is 2. The number of imidazole rings is 2. The number of ether oxygens (including phenoxy) is 2. The zero-order valence-corrected chi connectivity index (χ0v) is 42.0. The number of methoxy groups -OCH3 is 2. The third-order valence-corrected chi connectivity index (χ3v) is 14.1. The summed E-state index contributed by atoms with van der Waals surface area (Å²) in [5.74, 6) is 1.20. The number of pyridine rings is 2. The minimum absolute atomic E-state index is 0.206. The summed E-state index contributed by atoms with van der Waals surface area (Å²) in [4.78, 5) is 41.7. The lowest BCUT2D eigenvalue weighted by atomic mass is 9.93. The second-order valence-electron chi connectivity index (χ2n) is 19.0. The van der Waals surface area contributed by atoms with Crippen LogP contribution in [0.1, 0.15) is 59.6 Å². The minimum atomic E-state index is -1.82. The predicted molar refractivity (Wildman–Crippen MR) is 280 cm³/mol. The van der Waals surface area contributed by atoms with Crippen molar-refractivity contribution in [2.45, 2.75) is 64.5 Å². The molecule has 4 aromatic carbocycles. The number of hydrogen-bond donors (Lipinski definition) is 2. The molecule has 0 aliphatic carbocycles. The van der Waals surface area contributed by atoms with E-state index in [2.05, 4.69) is 53.2 Å². The van der Waals surface area contributed by atoms with E-state index < -0.39 is 11.9 Å². The fraction of sp³-hybridized carbons (Fsp3) is 0.345. The molecule has 0 radical (unpaired) electrons. The molecule has 386 valence electrons. The van der Waals surface area contributed by atoms with Crippen LogP contribution in [0.3, 0.4) is 0 Å². The maximum atomic E-state index is 13.4. The number of halogens is 2. The summed E-state index contributed by atoms with van der Waals surface area (Å²) in [6.07, 6.45) is 16.1. The number of nitrogens with zero attached hydrogens (tertiary/aromatic N) is 8. The Balaban J connectivity index is 0.000000178. The Labute approximate surface area is 430 Å². The summed E-state index contributed by atoms with van der Waals surface area (Å²) < 4.78 is 41.8. The van der Waals surface area contributed by atoms with E-state index >= 15 is 0 Å². The molecule has 0 saturated carbocycles. The lowest BCUT2D eigenvalue weighted by Gasteiger charge is -2.32. The molecule has 2 aliphatic rings. The molecule has 0 unspecified atom stereocenters. The number of piperidine rings is 2. The van der Waals surface area contributed by atoms with Crippen molar-refractivity contribution >= 4 is 34.0 Å². The highest BCUT2D eigenvalue weighted by Gasteiger charge is 2.24. The molecule has 74 heavy (non-hydrogen) atoms. The van der Waals surface area contributed by atoms with Crippen molar-refractivity contribution in [2.75, 3.05) is 53.5 Å². The average molecular weight is 1010 g/mol. The van der Waals surface area contributed by atoms with Crippen LogP contribution in [0, 0.1) is 23.5 Å². The van der Waals surface area contributed by atoms with Gasteiger partial charge in [0.15, 0.2) is 0 Å². The van der Waals surface area contributed by atoms with Crippen LogP contribution in [0.25, 0.3) is 22.1 Å². The monoisotopic (exact) mass is 1010 g/mol. The first-order chi connectivity index (χ1) is 36.0. The maximum absolute atomic E-state index is 13.4. The van der Waals surface area contributed by atoms with Gasteiger partial charge < -0.3 is 38.6 Å². The van der Waals surface area contributed by atoms with Gasteiger partial charge in [-0.05, 0) is 159 Å². The van der Waals surface area contributed by atoms with E-state index in [1.165, 1.54) is 61.1 Å². The standard InChI is InChI=1S/2C28H31FN4O.C2H2O4/c2*1-34-25-8-4-21(5-9-25)11-15-32-16-12-22(13-17-32)18-28-31-26-19-30-14-10-27(26)33(28)20-23-2-6-24(29)7-3-23;3-1(4)2(5)6/h2*2-10,14,19,22H,11-13,15-18,20H2,1H3;(H,3,4)(H,5,6). The SMILES string of the molecule is COc1ccc(CCN2CCC(Cc3nc4cnccc4n3Cc3ccc(F)cc3)CC2)cc1.COc1ccc(CCN2CCC(Cc3nc4cnccc4n3Cc3ccc(F)cc3)CC2)cc1.O=C(O)C(=O)O. The molecule has 14 nitrogen and oxygen atoms in total. The number of fused-ring (bicyclic) bond motifs is 2. The Kier molecular flexibility index (Phi) is 18.5. The molecule has 4 aromatic heterocycles. The third kappa shape index (κ3) is 14.8. The van der Waals surface area contributed by atoms with E-state index in [0.29, 0.717) is 24.9 Å². The molecular formula is C58H64F2N8O6. The number of rotatable bonds is 16. The van der Waals surface area contributed by atoms with E-state index in [0.717, 1.165) is 121 Å². The Morgan fingerprint density at radius 1 is 0.527 bits per heavy atom. The number of benzene rings is 4. The highest BCUT2D eigenvalue weighted by Crippen LogP contribution is 2.27. The molecule has 10 rings (SSSR count). The summed E-state index contributed by atoms with van der Waals surface area (Å²) in [5, 5.41) is 14.8. The van der Waals surface area contributed by atoms with Gasteiger partial charge in [-0.1, -0.05) is 48.5 Å². The first-order valence-corrected chi connectivity index (χ1v) is 25.2. The first kappa shape index (κ1) is 52.8. The van der Waals surface area contributed by atoms with Gasteiger partial charge >= 0.3 is 11.9 Å². The highest BCUT2D eigenvalue weighted by atomic mass is 19.1. The summed E-state index contributed by atoms with van der Waals surface area (Å²) in [7, 11) is 3.40. The van der Waals surface area contributed by atoms with Gasteiger partial charge in [0.1, 0.15) is 45.8 Å². The van der Waals surface area contributed by atoms with E-state index in [9.17, 15) is 8.78 Å². The number of hydrogen-bond acceptors (Lipinski definition) is 10. The fourth-order valence-corrected chi connectivity index (χ4v) is 9.78. The van der Waals surface area contributed by atoms with E-state index in [1.54, 1.807) is 14.2 Å². The van der Waals surface area contributed by atoms with Crippen molar-refractivity contribution in [1.29, 1.82) is 0 Å². The number of aromatic nitrogens is 6. The highest BCUT2D eigenvalue weighted by molar-refractivity contribution is 6.27. The lowest BCUT2D eigenvalue weighted by molar-refractivity contribution is -0.159. The topological polar surface area (TPSA) is 161 Å². The van der Waals surface area contributed by atoms with Crippen LogP contribution in [-0.4, -0.2) is 115 Å². The molecule has 2 aliphatic heterocycles. The summed E-state index contributed by atoms with van der Waals surface area (Å²) >= 11 is 0. The zero-order chi connectivity index (χ0) is 51.8. The van der Waals surface area contributed by atoms with Crippen molar-refractivity contribution < 1.29 is 38.1 Å². The molecule has 0 amide bonds. The maximum Gasteiger partial charge on any atom is 0.414 e. The van der Waals surface area contributed by atoms with Gasteiger partial charge in [0.05, 0.1) is 37.6 Å². The molecule has 0 bridgehead atoms. The quantitative estimate of drug-likeness (QED) is 0.0885. The van der Waals surface area contributed by atoms with Gasteiger partial charge in [0, 0.05) is 51.4 Å². The Morgan fingerprint density at radius 3 is 1.22 bits per heavy atom. The van der Waals surface area contributed by atoms with E-state index in [1.807, 2.05) is 85.5 Å². The molecule has 2 N–H and O–H groups in total. The van der Waals surface area contributed by atoms with E-state index in [-0.39, 0.29) is 11.6 Å². The van der Waals surface area contributed by atoms with Gasteiger partial charge in [-0.2, -0.15) is 0 Å². The first-order valence-electron chi connectivity index (χ1n) is 25.2. The molecule has 0 atom stereocenters. The van der Waals surface area contributed by atoms with Gasteiger partial charge in [0.2, 0.25) is 0 Å². The van der Waals surface area contributed by atoms with Crippen LogP contribution in [0.5, 0.6) is 11.5 Å². The van der Waals surface area contributed by atoms with Crippen LogP contribution >= 0.6 is 0 Å². The van der Waals surface area contributed by atoms with Crippen molar-refractivity contribution in [1.82, 2.24) is 38.9 Å². The van der Waals surface area contributed by atoms with Crippen molar-refractivity contribution in [3.8, 4) is 11.5 Å². The predicted octanol–water partition coefficient (Wildman–Crippen LogP) is 9.40. The van der Waals surface area contributed by atoms with Crippen LogP contribution in [0.4, 0.5) is 8.78 Å². The number of carboxylic acid groups (broad SMARTS) is 2. The minimum Gasteiger partial charge on any atom is -0.497 e.